The molecule has 0 aliphatic carbocycles. The second-order valence-corrected chi connectivity index (χ2v) is 7.17. The van der Waals surface area contributed by atoms with Crippen LogP contribution in [0, 0.1) is 12.8 Å². The molecule has 2 fully saturated rings. The van der Waals surface area contributed by atoms with Crippen molar-refractivity contribution in [2.45, 2.75) is 45.4 Å². The minimum Gasteiger partial charge on any atom is -0.355 e. The lowest BCUT2D eigenvalue weighted by Crippen LogP contribution is -2.45. The maximum absolute atomic E-state index is 13.0. The van der Waals surface area contributed by atoms with E-state index in [4.69, 9.17) is 4.52 Å². The Hall–Kier alpha value is -2.18. The van der Waals surface area contributed by atoms with Crippen molar-refractivity contribution >= 4 is 22.8 Å². The molecular formula is C18H25N5O2. The second kappa shape index (κ2) is 6.98. The Kier molecular flexibility index (Phi) is 4.55. The number of hydrogen-bond donors (Lipinski definition) is 0. The zero-order valence-electron chi connectivity index (χ0n) is 14.8. The Balaban J connectivity index is 1.54. The molecule has 0 bridgehead atoms. The normalized spacial score (nSPS) is 22.2. The first-order valence-electron chi connectivity index (χ1n) is 9.35. The molecular weight excluding hydrogens is 318 g/mol. The van der Waals surface area contributed by atoms with Crippen molar-refractivity contribution in [3.63, 3.8) is 0 Å². The average Bonchev–Trinajstić information content (AvgIpc) is 2.87. The number of rotatable bonds is 2. The van der Waals surface area contributed by atoms with Crippen molar-refractivity contribution in [3.05, 3.63) is 12.0 Å². The molecule has 0 spiro atoms. The molecule has 4 rings (SSSR count). The van der Waals surface area contributed by atoms with Crippen molar-refractivity contribution in [2.75, 3.05) is 31.1 Å². The molecule has 0 saturated carbocycles. The van der Waals surface area contributed by atoms with Crippen LogP contribution in [-0.4, -0.2) is 52.1 Å². The van der Waals surface area contributed by atoms with Crippen LogP contribution in [-0.2, 0) is 4.79 Å². The number of anilines is 1. The van der Waals surface area contributed by atoms with Gasteiger partial charge in [-0.15, -0.1) is 0 Å². The summed E-state index contributed by atoms with van der Waals surface area (Å²) < 4.78 is 5.26. The molecule has 2 saturated heterocycles. The van der Waals surface area contributed by atoms with Gasteiger partial charge in [0.15, 0.2) is 0 Å². The molecule has 1 atom stereocenters. The lowest BCUT2D eigenvalue weighted by molar-refractivity contribution is -0.135. The Bertz CT molecular complexity index is 751. The number of aromatic nitrogens is 3. The third-order valence-corrected chi connectivity index (χ3v) is 5.41. The van der Waals surface area contributed by atoms with Gasteiger partial charge in [0, 0.05) is 26.2 Å². The molecule has 4 heterocycles. The monoisotopic (exact) mass is 343 g/mol. The Morgan fingerprint density at radius 3 is 2.72 bits per heavy atom. The predicted octanol–water partition coefficient (Wildman–Crippen LogP) is 2.55. The second-order valence-electron chi connectivity index (χ2n) is 7.17. The van der Waals surface area contributed by atoms with Crippen LogP contribution in [0.4, 0.5) is 5.82 Å². The van der Waals surface area contributed by atoms with E-state index in [9.17, 15) is 4.79 Å². The molecule has 7 heteroatoms. The van der Waals surface area contributed by atoms with Crippen molar-refractivity contribution in [1.82, 2.24) is 20.0 Å². The van der Waals surface area contributed by atoms with Gasteiger partial charge >= 0.3 is 0 Å². The van der Waals surface area contributed by atoms with Gasteiger partial charge in [0.1, 0.15) is 17.5 Å². The van der Waals surface area contributed by atoms with Crippen LogP contribution in [0.25, 0.3) is 11.1 Å². The third-order valence-electron chi connectivity index (χ3n) is 5.41. The van der Waals surface area contributed by atoms with Crippen LogP contribution in [0.3, 0.4) is 0 Å². The van der Waals surface area contributed by atoms with Gasteiger partial charge in [0.2, 0.25) is 5.91 Å². The maximum atomic E-state index is 13.0. The van der Waals surface area contributed by atoms with E-state index in [0.717, 1.165) is 62.2 Å². The molecule has 2 aromatic heterocycles. The first-order chi connectivity index (χ1) is 12.2. The number of hydrogen-bond acceptors (Lipinski definition) is 6. The van der Waals surface area contributed by atoms with Gasteiger partial charge in [-0.25, -0.2) is 4.98 Å². The van der Waals surface area contributed by atoms with Crippen LogP contribution in [0.5, 0.6) is 0 Å². The van der Waals surface area contributed by atoms with E-state index in [2.05, 4.69) is 24.9 Å². The first kappa shape index (κ1) is 16.3. The smallest absolute Gasteiger partial charge is 0.263 e. The highest BCUT2D eigenvalue weighted by atomic mass is 16.5. The van der Waals surface area contributed by atoms with Crippen molar-refractivity contribution < 1.29 is 9.32 Å². The molecule has 1 amide bonds. The molecule has 7 nitrogen and oxygen atoms in total. The van der Waals surface area contributed by atoms with Gasteiger partial charge < -0.3 is 14.3 Å². The fourth-order valence-corrected chi connectivity index (χ4v) is 4.06. The van der Waals surface area contributed by atoms with Crippen molar-refractivity contribution in [2.24, 2.45) is 5.92 Å². The van der Waals surface area contributed by atoms with Crippen LogP contribution in [0.15, 0.2) is 10.9 Å². The molecule has 25 heavy (non-hydrogen) atoms. The summed E-state index contributed by atoms with van der Waals surface area (Å²) in [5.41, 5.74) is 1.31. The third kappa shape index (κ3) is 3.19. The molecule has 0 radical (unpaired) electrons. The molecule has 2 aliphatic rings. The summed E-state index contributed by atoms with van der Waals surface area (Å²) in [6.07, 6.45) is 8.23. The van der Waals surface area contributed by atoms with Gasteiger partial charge in [-0.05, 0) is 32.6 Å². The fourth-order valence-electron chi connectivity index (χ4n) is 4.06. The van der Waals surface area contributed by atoms with Gasteiger partial charge in [-0.3, -0.25) is 4.79 Å². The first-order valence-corrected chi connectivity index (χ1v) is 9.35. The van der Waals surface area contributed by atoms with E-state index >= 15 is 0 Å². The number of fused-ring (bicyclic) bond motifs is 1. The van der Waals surface area contributed by atoms with Crippen LogP contribution in [0.1, 0.15) is 44.2 Å². The molecule has 2 aromatic rings. The average molecular weight is 343 g/mol. The summed E-state index contributed by atoms with van der Waals surface area (Å²) in [7, 11) is 0. The highest BCUT2D eigenvalue weighted by molar-refractivity contribution is 5.88. The number of amides is 1. The lowest BCUT2D eigenvalue weighted by Gasteiger charge is -2.35. The Morgan fingerprint density at radius 1 is 1.12 bits per heavy atom. The summed E-state index contributed by atoms with van der Waals surface area (Å²) in [4.78, 5) is 25.9. The standard InChI is InChI=1S/C18H25N5O2/c1-13-15-16(19-12-20-17(15)25-21-13)23-10-6-7-14(11-23)18(24)22-8-4-2-3-5-9-22/h12,14H,2-11H2,1H3/t14-/m1/s1. The summed E-state index contributed by atoms with van der Waals surface area (Å²) in [5, 5.41) is 4.88. The zero-order valence-corrected chi connectivity index (χ0v) is 14.8. The quantitative estimate of drug-likeness (QED) is 0.834. The number of carbonyl (C=O) groups excluding carboxylic acids is 1. The van der Waals surface area contributed by atoms with E-state index in [1.165, 1.54) is 19.2 Å². The van der Waals surface area contributed by atoms with E-state index in [0.29, 0.717) is 18.2 Å². The molecule has 0 unspecified atom stereocenters. The largest absolute Gasteiger partial charge is 0.355 e. The minimum atomic E-state index is 0.0528. The molecule has 0 N–H and O–H groups in total. The maximum Gasteiger partial charge on any atom is 0.263 e. The highest BCUT2D eigenvalue weighted by Gasteiger charge is 2.31. The highest BCUT2D eigenvalue weighted by Crippen LogP contribution is 2.30. The number of aryl methyl sites for hydroxylation is 1. The minimum absolute atomic E-state index is 0.0528. The summed E-state index contributed by atoms with van der Waals surface area (Å²) in [5.74, 6) is 1.22. The molecule has 134 valence electrons. The number of likely N-dealkylation sites (tertiary alicyclic amines) is 1. The van der Waals surface area contributed by atoms with Gasteiger partial charge in [0.05, 0.1) is 11.6 Å². The topological polar surface area (TPSA) is 75.4 Å². The summed E-state index contributed by atoms with van der Waals surface area (Å²) >= 11 is 0. The van der Waals surface area contributed by atoms with Gasteiger partial charge in [-0.1, -0.05) is 18.0 Å². The van der Waals surface area contributed by atoms with Crippen LogP contribution < -0.4 is 4.90 Å². The van der Waals surface area contributed by atoms with Crippen LogP contribution >= 0.6 is 0 Å². The summed E-state index contributed by atoms with van der Waals surface area (Å²) in [6.45, 7) is 5.35. The van der Waals surface area contributed by atoms with Crippen molar-refractivity contribution in [1.29, 1.82) is 0 Å². The van der Waals surface area contributed by atoms with E-state index in [-0.39, 0.29) is 5.92 Å². The molecule has 0 aromatic carbocycles. The lowest BCUT2D eigenvalue weighted by atomic mass is 9.96. The summed E-state index contributed by atoms with van der Waals surface area (Å²) in [6, 6.07) is 0. The number of carbonyl (C=O) groups is 1. The van der Waals surface area contributed by atoms with E-state index in [1.54, 1.807) is 0 Å². The number of nitrogens with zero attached hydrogens (tertiary/aromatic N) is 5. The predicted molar refractivity (Wildman–Crippen MR) is 94.3 cm³/mol. The van der Waals surface area contributed by atoms with Crippen molar-refractivity contribution in [3.8, 4) is 0 Å². The Labute approximate surface area is 147 Å². The van der Waals surface area contributed by atoms with E-state index < -0.39 is 0 Å². The van der Waals surface area contributed by atoms with Gasteiger partial charge in [0.25, 0.3) is 5.71 Å². The van der Waals surface area contributed by atoms with Gasteiger partial charge in [-0.2, -0.15) is 4.98 Å². The molecule has 2 aliphatic heterocycles. The SMILES string of the molecule is Cc1noc2ncnc(N3CCC[C@@H](C(=O)N4CCCCCC4)C3)c12. The van der Waals surface area contributed by atoms with E-state index in [1.807, 2.05) is 6.92 Å². The van der Waals surface area contributed by atoms with Crippen LogP contribution in [0.2, 0.25) is 0 Å². The fraction of sp³-hybridized carbons (Fsp3) is 0.667. The zero-order chi connectivity index (χ0) is 17.2. The Morgan fingerprint density at radius 2 is 1.92 bits per heavy atom. The number of piperidine rings is 1.